The quantitative estimate of drug-likeness (QED) is 0.803. The summed E-state index contributed by atoms with van der Waals surface area (Å²) < 4.78 is 0. The van der Waals surface area contributed by atoms with E-state index in [2.05, 4.69) is 14.9 Å². The molecule has 0 amide bonds. The van der Waals surface area contributed by atoms with Crippen molar-refractivity contribution in [3.05, 3.63) is 38.9 Å². The van der Waals surface area contributed by atoms with Gasteiger partial charge in [-0.25, -0.2) is 9.97 Å². The van der Waals surface area contributed by atoms with Crippen LogP contribution in [-0.2, 0) is 12.4 Å². The first-order valence-corrected chi connectivity index (χ1v) is 7.21. The van der Waals surface area contributed by atoms with Gasteiger partial charge in [-0.3, -0.25) is 0 Å². The van der Waals surface area contributed by atoms with Gasteiger partial charge in [0.05, 0.1) is 22.8 Å². The van der Waals surface area contributed by atoms with Gasteiger partial charge in [0.1, 0.15) is 5.82 Å². The summed E-state index contributed by atoms with van der Waals surface area (Å²) in [6, 6.07) is 1.92. The lowest BCUT2D eigenvalue weighted by Gasteiger charge is -2.18. The van der Waals surface area contributed by atoms with Crippen molar-refractivity contribution in [2.24, 2.45) is 0 Å². The highest BCUT2D eigenvalue weighted by Gasteiger charge is 2.09. The number of thiazole rings is 1. The molecule has 0 saturated heterocycles. The summed E-state index contributed by atoms with van der Waals surface area (Å²) in [5, 5.41) is 0.608. The van der Waals surface area contributed by atoms with Gasteiger partial charge in [0.25, 0.3) is 0 Å². The van der Waals surface area contributed by atoms with Crippen LogP contribution in [-0.4, -0.2) is 17.0 Å². The Bertz CT molecular complexity index is 542. The fourth-order valence-corrected chi connectivity index (χ4v) is 2.84. The van der Waals surface area contributed by atoms with E-state index in [9.17, 15) is 0 Å². The lowest BCUT2D eigenvalue weighted by Crippen LogP contribution is -2.17. The van der Waals surface area contributed by atoms with Crippen LogP contribution in [0.4, 0.5) is 5.82 Å². The van der Waals surface area contributed by atoms with Gasteiger partial charge < -0.3 is 4.90 Å². The number of nitrogens with zero attached hydrogens (tertiary/aromatic N) is 3. The van der Waals surface area contributed by atoms with Crippen molar-refractivity contribution in [3.63, 3.8) is 0 Å². The van der Waals surface area contributed by atoms with Crippen molar-refractivity contribution in [1.82, 2.24) is 9.97 Å². The molecule has 0 bridgehead atoms. The zero-order chi connectivity index (χ0) is 13.1. The summed E-state index contributed by atoms with van der Waals surface area (Å²) in [6.07, 6.45) is 1.64. The molecule has 0 fully saturated rings. The Hall–Kier alpha value is -0.840. The molecule has 96 valence electrons. The average molecular weight is 302 g/mol. The van der Waals surface area contributed by atoms with Crippen molar-refractivity contribution in [1.29, 1.82) is 0 Å². The maximum Gasteiger partial charge on any atom is 0.128 e. The van der Waals surface area contributed by atoms with Gasteiger partial charge in [0, 0.05) is 24.0 Å². The number of halogens is 2. The monoisotopic (exact) mass is 301 g/mol. The van der Waals surface area contributed by atoms with Crippen LogP contribution in [0.15, 0.2) is 17.8 Å². The third kappa shape index (κ3) is 2.94. The van der Waals surface area contributed by atoms with Crippen LogP contribution in [0.25, 0.3) is 0 Å². The second-order valence-electron chi connectivity index (χ2n) is 3.98. The molecule has 0 unspecified atom stereocenters. The highest BCUT2D eigenvalue weighted by Crippen LogP contribution is 2.23. The summed E-state index contributed by atoms with van der Waals surface area (Å²) >= 11 is 13.5. The number of alkyl halides is 1. The van der Waals surface area contributed by atoms with Gasteiger partial charge in [-0.1, -0.05) is 11.6 Å². The molecule has 0 aromatic carbocycles. The molecule has 0 spiro atoms. The smallest absolute Gasteiger partial charge is 0.128 e. The van der Waals surface area contributed by atoms with Gasteiger partial charge in [0.2, 0.25) is 0 Å². The topological polar surface area (TPSA) is 29.0 Å². The van der Waals surface area contributed by atoms with Crippen molar-refractivity contribution >= 4 is 40.4 Å². The molecule has 0 N–H and O–H groups in total. The molecule has 0 radical (unpaired) electrons. The third-order valence-corrected chi connectivity index (χ3v) is 4.23. The van der Waals surface area contributed by atoms with Gasteiger partial charge in [-0.15, -0.1) is 22.9 Å². The summed E-state index contributed by atoms with van der Waals surface area (Å²) in [6.45, 7) is 2.80. The molecule has 0 saturated carbocycles. The first-order valence-electron chi connectivity index (χ1n) is 5.42. The number of rotatable bonds is 4. The van der Waals surface area contributed by atoms with Gasteiger partial charge >= 0.3 is 0 Å². The van der Waals surface area contributed by atoms with E-state index in [1.165, 1.54) is 4.88 Å². The molecule has 2 aromatic heterocycles. The van der Waals surface area contributed by atoms with E-state index in [0.717, 1.165) is 23.6 Å². The molecule has 18 heavy (non-hydrogen) atoms. The maximum absolute atomic E-state index is 6.00. The average Bonchev–Trinajstić information content (AvgIpc) is 2.75. The number of aryl methyl sites for hydroxylation is 1. The van der Waals surface area contributed by atoms with Crippen molar-refractivity contribution in [2.75, 3.05) is 11.9 Å². The first-order chi connectivity index (χ1) is 8.61. The Morgan fingerprint density at radius 2 is 2.17 bits per heavy atom. The fraction of sp³-hybridized carbons (Fsp3) is 0.333. The Morgan fingerprint density at radius 1 is 1.39 bits per heavy atom. The first kappa shape index (κ1) is 13.6. The van der Waals surface area contributed by atoms with E-state index in [1.54, 1.807) is 17.5 Å². The molecule has 0 atom stereocenters. The standard InChI is InChI=1S/C12H13Cl2N3S/c1-8-11(18-7-16-8)6-17(2)12-3-9(4-13)10(14)5-15-12/h3,5,7H,4,6H2,1-2H3. The third-order valence-electron chi connectivity index (χ3n) is 2.68. The van der Waals surface area contributed by atoms with Crippen LogP contribution < -0.4 is 4.90 Å². The molecular formula is C12H13Cl2N3S. The zero-order valence-corrected chi connectivity index (χ0v) is 12.5. The van der Waals surface area contributed by atoms with Crippen LogP contribution in [0.3, 0.4) is 0 Å². The van der Waals surface area contributed by atoms with Crippen molar-refractivity contribution in [2.45, 2.75) is 19.3 Å². The summed E-state index contributed by atoms with van der Waals surface area (Å²) in [5.41, 5.74) is 3.83. The molecule has 2 rings (SSSR count). The highest BCUT2D eigenvalue weighted by molar-refractivity contribution is 7.09. The maximum atomic E-state index is 6.00. The number of hydrogen-bond acceptors (Lipinski definition) is 4. The van der Waals surface area contributed by atoms with Crippen LogP contribution >= 0.6 is 34.5 Å². The van der Waals surface area contributed by atoms with Crippen LogP contribution in [0, 0.1) is 6.92 Å². The Morgan fingerprint density at radius 3 is 2.78 bits per heavy atom. The van der Waals surface area contributed by atoms with Gasteiger partial charge in [0.15, 0.2) is 0 Å². The lowest BCUT2D eigenvalue weighted by atomic mass is 10.3. The van der Waals surface area contributed by atoms with E-state index in [0.29, 0.717) is 10.9 Å². The van der Waals surface area contributed by atoms with Crippen molar-refractivity contribution < 1.29 is 0 Å². The molecule has 6 heteroatoms. The minimum atomic E-state index is 0.391. The van der Waals surface area contributed by atoms with E-state index in [4.69, 9.17) is 23.2 Å². The number of anilines is 1. The predicted molar refractivity (Wildman–Crippen MR) is 77.8 cm³/mol. The summed E-state index contributed by atoms with van der Waals surface area (Å²) in [7, 11) is 1.99. The minimum absolute atomic E-state index is 0.391. The largest absolute Gasteiger partial charge is 0.354 e. The SMILES string of the molecule is Cc1ncsc1CN(C)c1cc(CCl)c(Cl)cn1. The Balaban J connectivity index is 2.18. The summed E-state index contributed by atoms with van der Waals surface area (Å²) in [5.74, 6) is 1.25. The van der Waals surface area contributed by atoms with E-state index in [1.807, 2.05) is 25.5 Å². The van der Waals surface area contributed by atoms with E-state index in [-0.39, 0.29) is 0 Å². The van der Waals surface area contributed by atoms with Gasteiger partial charge in [-0.2, -0.15) is 0 Å². The van der Waals surface area contributed by atoms with Gasteiger partial charge in [-0.05, 0) is 18.6 Å². The molecule has 0 aliphatic carbocycles. The molecule has 2 aromatic rings. The fourth-order valence-electron chi connectivity index (χ4n) is 1.55. The second-order valence-corrected chi connectivity index (χ2v) is 5.60. The predicted octanol–water partition coefficient (Wildman–Crippen LogP) is 3.88. The molecule has 0 aliphatic rings. The van der Waals surface area contributed by atoms with Crippen LogP contribution in [0.2, 0.25) is 5.02 Å². The van der Waals surface area contributed by atoms with Crippen LogP contribution in [0.1, 0.15) is 16.1 Å². The van der Waals surface area contributed by atoms with Crippen molar-refractivity contribution in [3.8, 4) is 0 Å². The minimum Gasteiger partial charge on any atom is -0.354 e. The van der Waals surface area contributed by atoms with E-state index < -0.39 is 0 Å². The summed E-state index contributed by atoms with van der Waals surface area (Å²) in [4.78, 5) is 11.9. The second kappa shape index (κ2) is 5.87. The normalized spacial score (nSPS) is 10.7. The molecule has 0 aliphatic heterocycles. The zero-order valence-electron chi connectivity index (χ0n) is 10.2. The lowest BCUT2D eigenvalue weighted by molar-refractivity contribution is 0.899. The molecule has 3 nitrogen and oxygen atoms in total. The Labute approximate surface area is 120 Å². The number of aromatic nitrogens is 2. The number of hydrogen-bond donors (Lipinski definition) is 0. The molecular weight excluding hydrogens is 289 g/mol. The Kier molecular flexibility index (Phi) is 4.43. The molecule has 2 heterocycles. The number of pyridine rings is 1. The highest BCUT2D eigenvalue weighted by atomic mass is 35.5. The van der Waals surface area contributed by atoms with E-state index >= 15 is 0 Å². The van der Waals surface area contributed by atoms with Crippen LogP contribution in [0.5, 0.6) is 0 Å².